The monoisotopic (exact) mass is 450 g/mol. The molecule has 0 aromatic heterocycles. The summed E-state index contributed by atoms with van der Waals surface area (Å²) in [6.07, 6.45) is -5.71. The summed E-state index contributed by atoms with van der Waals surface area (Å²) in [5, 5.41) is 0.603. The van der Waals surface area contributed by atoms with Gasteiger partial charge in [0.1, 0.15) is 11.5 Å². The van der Waals surface area contributed by atoms with Crippen LogP contribution in [0.4, 0.5) is 13.2 Å². The van der Waals surface area contributed by atoms with Crippen LogP contribution in [0, 0.1) is 0 Å². The quantitative estimate of drug-likeness (QED) is 0.651. The molecule has 0 fully saturated rings. The van der Waals surface area contributed by atoms with Crippen LogP contribution in [0.1, 0.15) is 12.5 Å². The lowest BCUT2D eigenvalue weighted by molar-refractivity contribution is -0.137. The third-order valence-corrected chi connectivity index (χ3v) is 3.95. The lowest BCUT2D eigenvalue weighted by Gasteiger charge is -2.16. The second-order valence-electron chi connectivity index (χ2n) is 5.69. The van der Waals surface area contributed by atoms with Gasteiger partial charge in [-0.15, -0.1) is 0 Å². The van der Waals surface area contributed by atoms with Gasteiger partial charge < -0.3 is 9.47 Å². The third-order valence-electron chi connectivity index (χ3n) is 3.42. The highest BCUT2D eigenvalue weighted by Crippen LogP contribution is 2.31. The minimum Gasteiger partial charge on any atom is -0.482 e. The van der Waals surface area contributed by atoms with Gasteiger partial charge >= 0.3 is 6.18 Å². The second kappa shape index (κ2) is 9.71. The smallest absolute Gasteiger partial charge is 0.416 e. The number of hydrazine groups is 1. The van der Waals surface area contributed by atoms with Crippen molar-refractivity contribution in [1.82, 2.24) is 10.9 Å². The van der Waals surface area contributed by atoms with Crippen molar-refractivity contribution < 1.29 is 32.2 Å². The van der Waals surface area contributed by atoms with Gasteiger partial charge in [-0.25, -0.2) is 0 Å². The first-order chi connectivity index (χ1) is 13.6. The van der Waals surface area contributed by atoms with Gasteiger partial charge in [0.05, 0.1) is 10.6 Å². The molecule has 2 aromatic rings. The molecule has 2 aromatic carbocycles. The summed E-state index contributed by atoms with van der Waals surface area (Å²) in [5.41, 5.74) is 3.27. The lowest BCUT2D eigenvalue weighted by Crippen LogP contribution is -2.48. The highest BCUT2D eigenvalue weighted by atomic mass is 35.5. The molecule has 2 amide bonds. The Balaban J connectivity index is 1.81. The van der Waals surface area contributed by atoms with E-state index in [4.69, 9.17) is 32.7 Å². The molecule has 0 radical (unpaired) electrons. The van der Waals surface area contributed by atoms with Gasteiger partial charge in [0.25, 0.3) is 11.8 Å². The summed E-state index contributed by atoms with van der Waals surface area (Å²) in [6, 6.07) is 8.52. The van der Waals surface area contributed by atoms with Crippen LogP contribution in [-0.4, -0.2) is 24.5 Å². The molecule has 0 saturated carbocycles. The van der Waals surface area contributed by atoms with Crippen LogP contribution in [0.3, 0.4) is 0 Å². The molecular weight excluding hydrogens is 436 g/mol. The van der Waals surface area contributed by atoms with Gasteiger partial charge in [-0.1, -0.05) is 29.3 Å². The van der Waals surface area contributed by atoms with E-state index < -0.39 is 36.3 Å². The summed E-state index contributed by atoms with van der Waals surface area (Å²) in [4.78, 5) is 23.7. The Morgan fingerprint density at radius 3 is 2.48 bits per heavy atom. The number of halogens is 5. The van der Waals surface area contributed by atoms with Crippen LogP contribution in [-0.2, 0) is 15.8 Å². The molecule has 0 aliphatic rings. The minimum atomic E-state index is -4.54. The SMILES string of the molecule is CC(Oc1cccc(C(F)(F)F)c1)C(=O)NNC(=O)COc1ccc(Cl)cc1Cl. The molecule has 0 bridgehead atoms. The van der Waals surface area contributed by atoms with Crippen LogP contribution >= 0.6 is 23.2 Å². The first-order valence-electron chi connectivity index (χ1n) is 8.06. The van der Waals surface area contributed by atoms with Crippen molar-refractivity contribution >= 4 is 35.0 Å². The number of hydrogen-bond donors (Lipinski definition) is 2. The Kier molecular flexibility index (Phi) is 7.58. The average molecular weight is 451 g/mol. The van der Waals surface area contributed by atoms with Gasteiger partial charge in [0.2, 0.25) is 0 Å². The van der Waals surface area contributed by atoms with Crippen molar-refractivity contribution in [3.05, 3.63) is 58.1 Å². The molecule has 2 rings (SSSR count). The molecule has 0 aliphatic heterocycles. The third kappa shape index (κ3) is 7.03. The normalized spacial score (nSPS) is 12.1. The Labute approximate surface area is 173 Å². The highest BCUT2D eigenvalue weighted by Gasteiger charge is 2.31. The van der Waals surface area contributed by atoms with E-state index in [1.807, 2.05) is 0 Å². The number of alkyl halides is 3. The maximum atomic E-state index is 12.7. The molecule has 0 spiro atoms. The van der Waals surface area contributed by atoms with Crippen molar-refractivity contribution in [1.29, 1.82) is 0 Å². The molecule has 1 unspecified atom stereocenters. The fourth-order valence-electron chi connectivity index (χ4n) is 2.01. The molecule has 29 heavy (non-hydrogen) atoms. The van der Waals surface area contributed by atoms with Crippen LogP contribution in [0.5, 0.6) is 11.5 Å². The van der Waals surface area contributed by atoms with Gasteiger partial charge in [0, 0.05) is 5.02 Å². The number of carbonyl (C=O) groups excluding carboxylic acids is 2. The Morgan fingerprint density at radius 1 is 1.10 bits per heavy atom. The lowest BCUT2D eigenvalue weighted by atomic mass is 10.2. The summed E-state index contributed by atoms with van der Waals surface area (Å²) < 4.78 is 48.5. The number of amides is 2. The molecular formula is C18H15Cl2F3N2O4. The Morgan fingerprint density at radius 2 is 1.83 bits per heavy atom. The first kappa shape index (κ1) is 22.6. The summed E-state index contributed by atoms with van der Waals surface area (Å²) in [5.74, 6) is -1.40. The zero-order valence-corrected chi connectivity index (χ0v) is 16.4. The van der Waals surface area contributed by atoms with E-state index in [0.29, 0.717) is 5.02 Å². The second-order valence-corrected chi connectivity index (χ2v) is 6.53. The van der Waals surface area contributed by atoms with Crippen LogP contribution in [0.25, 0.3) is 0 Å². The van der Waals surface area contributed by atoms with Crippen molar-refractivity contribution in [2.75, 3.05) is 6.61 Å². The Bertz CT molecular complexity index is 894. The van der Waals surface area contributed by atoms with Gasteiger partial charge in [0.15, 0.2) is 12.7 Å². The standard InChI is InChI=1S/C18H15Cl2F3N2O4/c1-10(29-13-4-2-3-11(7-13)18(21,22)23)17(27)25-24-16(26)9-28-15-6-5-12(19)8-14(15)20/h2-8,10H,9H2,1H3,(H,24,26)(H,25,27). The van der Waals surface area contributed by atoms with Crippen LogP contribution < -0.4 is 20.3 Å². The summed E-state index contributed by atoms with van der Waals surface area (Å²) in [6.45, 7) is 0.857. The molecule has 1 atom stereocenters. The molecule has 6 nitrogen and oxygen atoms in total. The summed E-state index contributed by atoms with van der Waals surface area (Å²) in [7, 11) is 0. The van der Waals surface area contributed by atoms with Crippen molar-refractivity contribution in [3.8, 4) is 11.5 Å². The molecule has 0 heterocycles. The van der Waals surface area contributed by atoms with E-state index in [0.717, 1.165) is 18.2 Å². The molecule has 0 saturated heterocycles. The molecule has 0 aliphatic carbocycles. The molecule has 11 heteroatoms. The number of benzene rings is 2. The van der Waals surface area contributed by atoms with E-state index in [1.165, 1.54) is 31.2 Å². The van der Waals surface area contributed by atoms with Crippen molar-refractivity contribution in [2.24, 2.45) is 0 Å². The molecule has 2 N–H and O–H groups in total. The number of ether oxygens (including phenoxy) is 2. The van der Waals surface area contributed by atoms with E-state index >= 15 is 0 Å². The number of hydrogen-bond acceptors (Lipinski definition) is 4. The number of carbonyl (C=O) groups is 2. The average Bonchev–Trinajstić information content (AvgIpc) is 2.64. The van der Waals surface area contributed by atoms with Gasteiger partial charge in [-0.3, -0.25) is 20.4 Å². The van der Waals surface area contributed by atoms with E-state index in [2.05, 4.69) is 10.9 Å². The van der Waals surface area contributed by atoms with Crippen LogP contribution in [0.2, 0.25) is 10.0 Å². The maximum Gasteiger partial charge on any atom is 0.416 e. The number of rotatable bonds is 6. The minimum absolute atomic E-state index is 0.144. The van der Waals surface area contributed by atoms with Gasteiger partial charge in [-0.05, 0) is 43.3 Å². The van der Waals surface area contributed by atoms with Crippen molar-refractivity contribution in [2.45, 2.75) is 19.2 Å². The fraction of sp³-hybridized carbons (Fsp3) is 0.222. The fourth-order valence-corrected chi connectivity index (χ4v) is 2.47. The maximum absolute atomic E-state index is 12.7. The van der Waals surface area contributed by atoms with E-state index in [9.17, 15) is 22.8 Å². The predicted molar refractivity (Wildman–Crippen MR) is 99.8 cm³/mol. The summed E-state index contributed by atoms with van der Waals surface area (Å²) >= 11 is 11.6. The topological polar surface area (TPSA) is 76.7 Å². The van der Waals surface area contributed by atoms with Crippen molar-refractivity contribution in [3.63, 3.8) is 0 Å². The highest BCUT2D eigenvalue weighted by molar-refractivity contribution is 6.35. The van der Waals surface area contributed by atoms with Gasteiger partial charge in [-0.2, -0.15) is 13.2 Å². The zero-order chi connectivity index (χ0) is 21.6. The van der Waals surface area contributed by atoms with E-state index in [1.54, 1.807) is 0 Å². The first-order valence-corrected chi connectivity index (χ1v) is 8.82. The predicted octanol–water partition coefficient (Wildman–Crippen LogP) is 4.01. The van der Waals surface area contributed by atoms with E-state index in [-0.39, 0.29) is 16.5 Å². The largest absolute Gasteiger partial charge is 0.482 e. The molecule has 156 valence electrons. The zero-order valence-electron chi connectivity index (χ0n) is 14.8. The Hall–Kier alpha value is -2.65. The number of nitrogens with one attached hydrogen (secondary N) is 2. The van der Waals surface area contributed by atoms with Crippen LogP contribution in [0.15, 0.2) is 42.5 Å².